The van der Waals surface area contributed by atoms with E-state index in [-0.39, 0.29) is 0 Å². The van der Waals surface area contributed by atoms with E-state index in [0.29, 0.717) is 0 Å². The smallest absolute Gasteiger partial charge is 0.143 e. The molecule has 0 aliphatic heterocycles. The fourth-order valence-corrected chi connectivity index (χ4v) is 8.68. The Kier molecular flexibility index (Phi) is 8.19. The van der Waals surface area contributed by atoms with Crippen molar-refractivity contribution in [3.05, 3.63) is 224 Å². The van der Waals surface area contributed by atoms with E-state index in [1.807, 2.05) is 12.1 Å². The van der Waals surface area contributed by atoms with E-state index >= 15 is 0 Å². The number of hydrogen-bond acceptors (Lipinski definition) is 2. The Morgan fingerprint density at radius 1 is 0.293 bits per heavy atom. The zero-order chi connectivity index (χ0) is 38.4. The summed E-state index contributed by atoms with van der Waals surface area (Å²) in [5.74, 6) is 0. The van der Waals surface area contributed by atoms with Gasteiger partial charge in [-0.05, 0) is 97.4 Å². The average Bonchev–Trinajstić information content (AvgIpc) is 3.69. The lowest BCUT2D eigenvalue weighted by Gasteiger charge is -2.29. The average molecular weight is 740 g/mol. The first kappa shape index (κ1) is 33.6. The standard InChI is InChI=1S/C56H37NO/c1-2-15-42-37-43(28-27-38(42)13-1)48-18-5-6-19-50(48)51-20-7-9-25-54(51)57(44-33-29-40(30-34-44)47-22-11-16-39-14-3-4-17-46(39)47)45-35-31-41(32-36-45)49-23-12-24-53-52-21-8-10-26-55(52)58-56(49)53/h1-37H. The van der Waals surface area contributed by atoms with E-state index in [0.717, 1.165) is 55.7 Å². The summed E-state index contributed by atoms with van der Waals surface area (Å²) in [6.07, 6.45) is 0. The van der Waals surface area contributed by atoms with Crippen LogP contribution < -0.4 is 4.90 Å². The Hall–Kier alpha value is -7.68. The molecule has 0 N–H and O–H groups in total. The molecular weight excluding hydrogens is 703 g/mol. The van der Waals surface area contributed by atoms with Gasteiger partial charge in [0.05, 0.1) is 5.69 Å². The minimum absolute atomic E-state index is 0.903. The van der Waals surface area contributed by atoms with E-state index in [9.17, 15) is 0 Å². The summed E-state index contributed by atoms with van der Waals surface area (Å²) in [4.78, 5) is 2.39. The molecule has 58 heavy (non-hydrogen) atoms. The largest absolute Gasteiger partial charge is 0.455 e. The maximum absolute atomic E-state index is 6.45. The molecule has 0 fully saturated rings. The van der Waals surface area contributed by atoms with Gasteiger partial charge in [-0.1, -0.05) is 182 Å². The summed E-state index contributed by atoms with van der Waals surface area (Å²) in [5.41, 5.74) is 14.4. The molecule has 11 rings (SSSR count). The van der Waals surface area contributed by atoms with Crippen molar-refractivity contribution in [3.8, 4) is 44.5 Å². The van der Waals surface area contributed by atoms with Crippen molar-refractivity contribution in [2.45, 2.75) is 0 Å². The molecule has 1 heterocycles. The lowest BCUT2D eigenvalue weighted by Crippen LogP contribution is -2.11. The molecule has 11 aromatic rings. The summed E-state index contributed by atoms with van der Waals surface area (Å²) in [6, 6.07) is 80.7. The molecule has 1 aromatic heterocycles. The van der Waals surface area contributed by atoms with Crippen molar-refractivity contribution in [1.29, 1.82) is 0 Å². The Morgan fingerprint density at radius 2 is 0.810 bits per heavy atom. The quantitative estimate of drug-likeness (QED) is 0.162. The number of benzene rings is 10. The van der Waals surface area contributed by atoms with E-state index < -0.39 is 0 Å². The second-order valence-electron chi connectivity index (χ2n) is 14.9. The molecule has 272 valence electrons. The third kappa shape index (κ3) is 5.82. The van der Waals surface area contributed by atoms with Crippen molar-refractivity contribution in [1.82, 2.24) is 0 Å². The topological polar surface area (TPSA) is 16.4 Å². The van der Waals surface area contributed by atoms with Gasteiger partial charge in [-0.15, -0.1) is 0 Å². The molecular formula is C56H37NO. The lowest BCUT2D eigenvalue weighted by molar-refractivity contribution is 0.670. The summed E-state index contributed by atoms with van der Waals surface area (Å²) < 4.78 is 6.45. The Morgan fingerprint density at radius 3 is 1.60 bits per heavy atom. The molecule has 0 radical (unpaired) electrons. The van der Waals surface area contributed by atoms with Crippen LogP contribution in [0.3, 0.4) is 0 Å². The number of nitrogens with zero attached hydrogens (tertiary/aromatic N) is 1. The zero-order valence-corrected chi connectivity index (χ0v) is 31.7. The predicted octanol–water partition coefficient (Wildman–Crippen LogP) is 16.0. The van der Waals surface area contributed by atoms with Crippen LogP contribution >= 0.6 is 0 Å². The fraction of sp³-hybridized carbons (Fsp3) is 0. The van der Waals surface area contributed by atoms with Crippen molar-refractivity contribution < 1.29 is 4.42 Å². The Labute approximate surface area is 337 Å². The summed E-state index contributed by atoms with van der Waals surface area (Å²) in [5, 5.41) is 7.22. The molecule has 0 spiro atoms. The highest BCUT2D eigenvalue weighted by atomic mass is 16.3. The third-order valence-electron chi connectivity index (χ3n) is 11.5. The molecule has 0 atom stereocenters. The van der Waals surface area contributed by atoms with Crippen LogP contribution in [0.2, 0.25) is 0 Å². The molecule has 2 heteroatoms. The van der Waals surface area contributed by atoms with Gasteiger partial charge in [0.15, 0.2) is 0 Å². The van der Waals surface area contributed by atoms with Gasteiger partial charge in [0, 0.05) is 33.3 Å². The molecule has 0 unspecified atom stereocenters. The molecule has 0 amide bonds. The van der Waals surface area contributed by atoms with Gasteiger partial charge in [-0.3, -0.25) is 0 Å². The first-order chi connectivity index (χ1) is 28.8. The minimum atomic E-state index is 0.903. The number of hydrogen-bond donors (Lipinski definition) is 0. The monoisotopic (exact) mass is 739 g/mol. The van der Waals surface area contributed by atoms with E-state index in [1.54, 1.807) is 0 Å². The molecule has 10 aromatic carbocycles. The number of anilines is 3. The number of rotatable bonds is 7. The lowest BCUT2D eigenvalue weighted by atomic mass is 9.92. The first-order valence-corrected chi connectivity index (χ1v) is 19.8. The fourth-order valence-electron chi connectivity index (χ4n) is 8.68. The van der Waals surface area contributed by atoms with Crippen LogP contribution in [-0.2, 0) is 0 Å². The van der Waals surface area contributed by atoms with Crippen molar-refractivity contribution in [2.24, 2.45) is 0 Å². The second kappa shape index (κ2) is 14.1. The maximum Gasteiger partial charge on any atom is 0.143 e. The zero-order valence-electron chi connectivity index (χ0n) is 31.7. The van der Waals surface area contributed by atoms with Gasteiger partial charge in [0.1, 0.15) is 11.2 Å². The van der Waals surface area contributed by atoms with Gasteiger partial charge in [-0.25, -0.2) is 0 Å². The molecule has 0 bridgehead atoms. The van der Waals surface area contributed by atoms with Crippen LogP contribution in [0.1, 0.15) is 0 Å². The van der Waals surface area contributed by atoms with Crippen molar-refractivity contribution >= 4 is 60.5 Å². The SMILES string of the molecule is c1ccc(-c2ccccc2N(c2ccc(-c3cccc4ccccc34)cc2)c2ccc(-c3cccc4c3oc3ccccc34)cc2)c(-c2ccc3ccccc3c2)c1. The molecule has 2 nitrogen and oxygen atoms in total. The van der Waals surface area contributed by atoms with Crippen molar-refractivity contribution in [2.75, 3.05) is 4.90 Å². The van der Waals surface area contributed by atoms with Crippen LogP contribution in [0.4, 0.5) is 17.1 Å². The second-order valence-corrected chi connectivity index (χ2v) is 14.9. The van der Waals surface area contributed by atoms with E-state index in [4.69, 9.17) is 4.42 Å². The minimum Gasteiger partial charge on any atom is -0.455 e. The predicted molar refractivity (Wildman–Crippen MR) is 245 cm³/mol. The highest BCUT2D eigenvalue weighted by Gasteiger charge is 2.20. The Bertz CT molecular complexity index is 3280. The maximum atomic E-state index is 6.45. The third-order valence-corrected chi connectivity index (χ3v) is 11.5. The Balaban J connectivity index is 1.06. The first-order valence-electron chi connectivity index (χ1n) is 19.8. The summed E-state index contributed by atoms with van der Waals surface area (Å²) in [7, 11) is 0. The van der Waals surface area contributed by atoms with Crippen LogP contribution in [0.15, 0.2) is 229 Å². The normalized spacial score (nSPS) is 11.4. The van der Waals surface area contributed by atoms with Crippen LogP contribution in [0, 0.1) is 0 Å². The van der Waals surface area contributed by atoms with Gasteiger partial charge >= 0.3 is 0 Å². The molecule has 0 aliphatic carbocycles. The number of fused-ring (bicyclic) bond motifs is 5. The number of para-hydroxylation sites is 3. The highest BCUT2D eigenvalue weighted by molar-refractivity contribution is 6.09. The van der Waals surface area contributed by atoms with Crippen LogP contribution in [0.5, 0.6) is 0 Å². The van der Waals surface area contributed by atoms with Crippen LogP contribution in [0.25, 0.3) is 88.0 Å². The summed E-state index contributed by atoms with van der Waals surface area (Å²) in [6.45, 7) is 0. The van der Waals surface area contributed by atoms with E-state index in [2.05, 4.69) is 217 Å². The van der Waals surface area contributed by atoms with Crippen molar-refractivity contribution in [3.63, 3.8) is 0 Å². The van der Waals surface area contributed by atoms with Crippen LogP contribution in [-0.4, -0.2) is 0 Å². The summed E-state index contributed by atoms with van der Waals surface area (Å²) >= 11 is 0. The number of furan rings is 1. The molecule has 0 aliphatic rings. The molecule has 0 saturated carbocycles. The van der Waals surface area contributed by atoms with E-state index in [1.165, 1.54) is 49.4 Å². The van der Waals surface area contributed by atoms with Gasteiger partial charge in [0.2, 0.25) is 0 Å². The highest BCUT2D eigenvalue weighted by Crippen LogP contribution is 2.45. The molecule has 0 saturated heterocycles. The van der Waals surface area contributed by atoms with Gasteiger partial charge < -0.3 is 9.32 Å². The van der Waals surface area contributed by atoms with Gasteiger partial charge in [-0.2, -0.15) is 0 Å². The van der Waals surface area contributed by atoms with Gasteiger partial charge in [0.25, 0.3) is 0 Å².